The Bertz CT molecular complexity index is 520. The van der Waals surface area contributed by atoms with Crippen LogP contribution in [0.5, 0.6) is 0 Å². The van der Waals surface area contributed by atoms with Crippen molar-refractivity contribution in [2.24, 2.45) is 0 Å². The summed E-state index contributed by atoms with van der Waals surface area (Å²) in [6.07, 6.45) is 1.82. The molecular weight excluding hydrogens is 238 g/mol. The minimum Gasteiger partial charge on any atom is -0.335 e. The van der Waals surface area contributed by atoms with Crippen molar-refractivity contribution in [1.82, 2.24) is 4.90 Å². The number of amides is 1. The Morgan fingerprint density at radius 2 is 1.95 bits per heavy atom. The second-order valence-corrected chi connectivity index (χ2v) is 5.43. The summed E-state index contributed by atoms with van der Waals surface area (Å²) in [6, 6.07) is 4.09. The van der Waals surface area contributed by atoms with Crippen molar-refractivity contribution in [3.8, 4) is 0 Å². The fourth-order valence-corrected chi connectivity index (χ4v) is 2.53. The summed E-state index contributed by atoms with van der Waals surface area (Å²) >= 11 is 0. The quantitative estimate of drug-likeness (QED) is 0.817. The summed E-state index contributed by atoms with van der Waals surface area (Å²) in [6.45, 7) is 7.24. The average molecular weight is 259 g/mol. The van der Waals surface area contributed by atoms with Crippen LogP contribution in [0, 0.1) is 20.8 Å². The number of carbonyl (C=O) groups excluding carboxylic acids is 2. The maximum Gasteiger partial charge on any atom is 0.227 e. The topological polar surface area (TPSA) is 37.4 Å². The van der Waals surface area contributed by atoms with Crippen LogP contribution in [0.25, 0.3) is 0 Å². The molecule has 1 saturated heterocycles. The van der Waals surface area contributed by atoms with Crippen LogP contribution >= 0.6 is 0 Å². The lowest BCUT2D eigenvalue weighted by atomic mass is 9.96. The van der Waals surface area contributed by atoms with Gasteiger partial charge in [-0.15, -0.1) is 0 Å². The predicted molar refractivity (Wildman–Crippen MR) is 75.2 cm³/mol. The van der Waals surface area contributed by atoms with Crippen molar-refractivity contribution in [3.63, 3.8) is 0 Å². The standard InChI is InChI=1S/C16H21NO2/c1-11-6-7-14(13(3)12(11)2)9-16(19)17-8-4-5-15(18)10-17/h6-7H,4-5,8-10H2,1-3H3. The molecule has 1 fully saturated rings. The Morgan fingerprint density at radius 1 is 1.21 bits per heavy atom. The molecule has 19 heavy (non-hydrogen) atoms. The Hall–Kier alpha value is -1.64. The molecule has 0 N–H and O–H groups in total. The molecular formula is C16H21NO2. The number of Topliss-reactive ketones (excluding diaryl/α,β-unsaturated/α-hetero) is 1. The van der Waals surface area contributed by atoms with Crippen LogP contribution in [0.4, 0.5) is 0 Å². The number of benzene rings is 1. The highest BCUT2D eigenvalue weighted by Crippen LogP contribution is 2.18. The summed E-state index contributed by atoms with van der Waals surface area (Å²) in [5.74, 6) is 0.246. The fourth-order valence-electron chi connectivity index (χ4n) is 2.53. The van der Waals surface area contributed by atoms with Gasteiger partial charge in [-0.2, -0.15) is 0 Å². The van der Waals surface area contributed by atoms with E-state index in [-0.39, 0.29) is 11.7 Å². The van der Waals surface area contributed by atoms with Gasteiger partial charge in [-0.1, -0.05) is 12.1 Å². The molecule has 1 aromatic rings. The van der Waals surface area contributed by atoms with E-state index >= 15 is 0 Å². The Kier molecular flexibility index (Phi) is 4.03. The normalized spacial score (nSPS) is 15.7. The average Bonchev–Trinajstić information content (AvgIpc) is 2.39. The lowest BCUT2D eigenvalue weighted by Gasteiger charge is -2.26. The molecule has 1 heterocycles. The molecule has 0 saturated carbocycles. The molecule has 1 amide bonds. The van der Waals surface area contributed by atoms with Crippen LogP contribution in [0.1, 0.15) is 35.1 Å². The van der Waals surface area contributed by atoms with Crippen LogP contribution in [0.15, 0.2) is 12.1 Å². The molecule has 0 aliphatic carbocycles. The first-order valence-corrected chi connectivity index (χ1v) is 6.84. The summed E-state index contributed by atoms with van der Waals surface area (Å²) in [5.41, 5.74) is 4.77. The number of aryl methyl sites for hydroxylation is 1. The van der Waals surface area contributed by atoms with E-state index in [9.17, 15) is 9.59 Å². The van der Waals surface area contributed by atoms with E-state index < -0.39 is 0 Å². The van der Waals surface area contributed by atoms with Crippen LogP contribution in [-0.4, -0.2) is 29.7 Å². The molecule has 0 aromatic heterocycles. The van der Waals surface area contributed by atoms with Crippen molar-refractivity contribution in [2.45, 2.75) is 40.0 Å². The lowest BCUT2D eigenvalue weighted by Crippen LogP contribution is -2.41. The Balaban J connectivity index is 2.11. The number of hydrogen-bond acceptors (Lipinski definition) is 2. The predicted octanol–water partition coefficient (Wildman–Crippen LogP) is 2.35. The number of rotatable bonds is 2. The summed E-state index contributed by atoms with van der Waals surface area (Å²) in [7, 11) is 0. The van der Waals surface area contributed by atoms with Gasteiger partial charge in [0.05, 0.1) is 13.0 Å². The molecule has 1 aliphatic rings. The highest BCUT2D eigenvalue weighted by atomic mass is 16.2. The third-order valence-corrected chi connectivity index (χ3v) is 4.12. The smallest absolute Gasteiger partial charge is 0.227 e. The van der Waals surface area contributed by atoms with Gasteiger partial charge in [0.15, 0.2) is 5.78 Å². The Labute approximate surface area is 114 Å². The first kappa shape index (κ1) is 13.8. The van der Waals surface area contributed by atoms with Crippen molar-refractivity contribution in [3.05, 3.63) is 34.4 Å². The lowest BCUT2D eigenvalue weighted by molar-refractivity contribution is -0.137. The zero-order valence-corrected chi connectivity index (χ0v) is 12.0. The van der Waals surface area contributed by atoms with Crippen molar-refractivity contribution >= 4 is 11.7 Å². The largest absolute Gasteiger partial charge is 0.335 e. The molecule has 102 valence electrons. The number of piperidine rings is 1. The molecule has 0 radical (unpaired) electrons. The van der Waals surface area contributed by atoms with E-state index in [2.05, 4.69) is 26.8 Å². The SMILES string of the molecule is Cc1ccc(CC(=O)N2CCCC(=O)C2)c(C)c1C. The van der Waals surface area contributed by atoms with Gasteiger partial charge in [0, 0.05) is 13.0 Å². The number of hydrogen-bond donors (Lipinski definition) is 0. The number of likely N-dealkylation sites (tertiary alicyclic amines) is 1. The van der Waals surface area contributed by atoms with Crippen LogP contribution < -0.4 is 0 Å². The molecule has 3 heteroatoms. The molecule has 0 unspecified atom stereocenters. The maximum absolute atomic E-state index is 12.2. The van der Waals surface area contributed by atoms with Gasteiger partial charge in [0.2, 0.25) is 5.91 Å². The van der Waals surface area contributed by atoms with E-state index in [1.165, 1.54) is 16.7 Å². The van der Waals surface area contributed by atoms with Crippen LogP contribution in [0.3, 0.4) is 0 Å². The first-order valence-electron chi connectivity index (χ1n) is 6.84. The molecule has 1 aromatic carbocycles. The zero-order chi connectivity index (χ0) is 14.0. The van der Waals surface area contributed by atoms with E-state index in [0.717, 1.165) is 12.0 Å². The fraction of sp³-hybridized carbons (Fsp3) is 0.500. The van der Waals surface area contributed by atoms with Gasteiger partial charge < -0.3 is 4.90 Å². The highest BCUT2D eigenvalue weighted by Gasteiger charge is 2.22. The second kappa shape index (κ2) is 5.55. The molecule has 0 atom stereocenters. The molecule has 2 rings (SSSR count). The highest BCUT2D eigenvalue weighted by molar-refractivity contribution is 5.88. The van der Waals surface area contributed by atoms with Gasteiger partial charge in [-0.25, -0.2) is 0 Å². The van der Waals surface area contributed by atoms with Crippen LogP contribution in [-0.2, 0) is 16.0 Å². The number of carbonyl (C=O) groups is 2. The third kappa shape index (κ3) is 3.03. The van der Waals surface area contributed by atoms with Gasteiger partial charge in [0.25, 0.3) is 0 Å². The minimum atomic E-state index is 0.0689. The van der Waals surface area contributed by atoms with Gasteiger partial charge in [-0.05, 0) is 49.4 Å². The number of ketones is 1. The van der Waals surface area contributed by atoms with Crippen LogP contribution in [0.2, 0.25) is 0 Å². The molecule has 0 spiro atoms. The third-order valence-electron chi connectivity index (χ3n) is 4.12. The summed E-state index contributed by atoms with van der Waals surface area (Å²) in [5, 5.41) is 0. The van der Waals surface area contributed by atoms with Gasteiger partial charge in [0.1, 0.15) is 0 Å². The zero-order valence-electron chi connectivity index (χ0n) is 12.0. The van der Waals surface area contributed by atoms with E-state index in [1.54, 1.807) is 4.90 Å². The second-order valence-electron chi connectivity index (χ2n) is 5.43. The monoisotopic (exact) mass is 259 g/mol. The van der Waals surface area contributed by atoms with Gasteiger partial charge in [-0.3, -0.25) is 9.59 Å². The summed E-state index contributed by atoms with van der Waals surface area (Å²) < 4.78 is 0. The van der Waals surface area contributed by atoms with Crippen molar-refractivity contribution < 1.29 is 9.59 Å². The molecule has 0 bridgehead atoms. The van der Waals surface area contributed by atoms with Crippen molar-refractivity contribution in [1.29, 1.82) is 0 Å². The van der Waals surface area contributed by atoms with E-state index in [1.807, 2.05) is 6.07 Å². The van der Waals surface area contributed by atoms with E-state index in [4.69, 9.17) is 0 Å². The minimum absolute atomic E-state index is 0.0689. The van der Waals surface area contributed by atoms with E-state index in [0.29, 0.717) is 25.9 Å². The Morgan fingerprint density at radius 3 is 2.63 bits per heavy atom. The maximum atomic E-state index is 12.2. The number of nitrogens with zero attached hydrogens (tertiary/aromatic N) is 1. The molecule has 1 aliphatic heterocycles. The van der Waals surface area contributed by atoms with Crippen molar-refractivity contribution in [2.75, 3.05) is 13.1 Å². The molecule has 3 nitrogen and oxygen atoms in total. The van der Waals surface area contributed by atoms with Gasteiger partial charge >= 0.3 is 0 Å². The first-order chi connectivity index (χ1) is 8.99. The summed E-state index contributed by atoms with van der Waals surface area (Å²) in [4.78, 5) is 25.3.